The van der Waals surface area contributed by atoms with Gasteiger partial charge in [-0.15, -0.1) is 24.0 Å². The van der Waals surface area contributed by atoms with Crippen LogP contribution in [0.4, 0.5) is 0 Å². The summed E-state index contributed by atoms with van der Waals surface area (Å²) in [5.74, 6) is 1.22. The van der Waals surface area contributed by atoms with E-state index in [0.29, 0.717) is 18.9 Å². The highest BCUT2D eigenvalue weighted by atomic mass is 127. The number of carbonyl (C=O) groups excluding carboxylic acids is 1. The van der Waals surface area contributed by atoms with Crippen LogP contribution in [0.25, 0.3) is 0 Å². The summed E-state index contributed by atoms with van der Waals surface area (Å²) in [5.41, 5.74) is 0. The smallest absolute Gasteiger partial charge is 0.305 e. The first-order valence-corrected chi connectivity index (χ1v) is 6.77. The van der Waals surface area contributed by atoms with Gasteiger partial charge in [-0.1, -0.05) is 13.8 Å². The molecule has 0 rings (SSSR count). The number of guanidine groups is 1. The van der Waals surface area contributed by atoms with E-state index in [9.17, 15) is 4.79 Å². The van der Waals surface area contributed by atoms with Gasteiger partial charge < -0.3 is 15.4 Å². The number of halogens is 1. The van der Waals surface area contributed by atoms with Gasteiger partial charge in [0.15, 0.2) is 5.96 Å². The first kappa shape index (κ1) is 20.8. The summed E-state index contributed by atoms with van der Waals surface area (Å²) in [7, 11) is 0. The number of ether oxygens (including phenoxy) is 1. The van der Waals surface area contributed by atoms with Gasteiger partial charge >= 0.3 is 5.97 Å². The number of rotatable bonds is 8. The van der Waals surface area contributed by atoms with Crippen molar-refractivity contribution in [2.75, 3.05) is 26.2 Å². The number of carbonyl (C=O) groups is 1. The molecule has 5 nitrogen and oxygen atoms in total. The van der Waals surface area contributed by atoms with Gasteiger partial charge in [0.2, 0.25) is 0 Å². The molecule has 0 radical (unpaired) electrons. The third-order valence-corrected chi connectivity index (χ3v) is 2.11. The highest BCUT2D eigenvalue weighted by Gasteiger charge is 2.02. The Hall–Kier alpha value is -0.530. The van der Waals surface area contributed by atoms with Crippen molar-refractivity contribution in [3.05, 3.63) is 0 Å². The molecule has 0 spiro atoms. The molecule has 6 heteroatoms. The number of nitrogens with zero attached hydrogens (tertiary/aromatic N) is 1. The normalized spacial score (nSPS) is 10.9. The summed E-state index contributed by atoms with van der Waals surface area (Å²) in [6.07, 6.45) is 1.20. The fraction of sp³-hybridized carbons (Fsp3) is 0.846. The lowest BCUT2D eigenvalue weighted by Gasteiger charge is -2.11. The zero-order valence-electron chi connectivity index (χ0n) is 12.5. The number of hydrogen-bond donors (Lipinski definition) is 2. The minimum absolute atomic E-state index is 0. The maximum atomic E-state index is 11.1. The molecular weight excluding hydrogens is 357 g/mol. The lowest BCUT2D eigenvalue weighted by Crippen LogP contribution is -2.38. The Kier molecular flexibility index (Phi) is 15.2. The van der Waals surface area contributed by atoms with Crippen LogP contribution in [0.2, 0.25) is 0 Å². The molecule has 0 saturated carbocycles. The molecule has 0 aliphatic rings. The molecule has 19 heavy (non-hydrogen) atoms. The van der Waals surface area contributed by atoms with E-state index < -0.39 is 0 Å². The van der Waals surface area contributed by atoms with Crippen LogP contribution < -0.4 is 10.6 Å². The van der Waals surface area contributed by atoms with Gasteiger partial charge in [0.25, 0.3) is 0 Å². The SMILES string of the molecule is CCNC(=NCC(C)C)NCCCC(=O)OCC.I. The van der Waals surface area contributed by atoms with E-state index in [1.165, 1.54) is 0 Å². The van der Waals surface area contributed by atoms with Crippen LogP contribution in [-0.4, -0.2) is 38.2 Å². The molecular formula is C13H28IN3O2. The van der Waals surface area contributed by atoms with E-state index >= 15 is 0 Å². The van der Waals surface area contributed by atoms with Crippen molar-refractivity contribution in [2.24, 2.45) is 10.9 Å². The quantitative estimate of drug-likeness (QED) is 0.221. The maximum Gasteiger partial charge on any atom is 0.305 e. The van der Waals surface area contributed by atoms with Gasteiger partial charge in [-0.3, -0.25) is 9.79 Å². The average Bonchev–Trinajstić information content (AvgIpc) is 2.31. The Morgan fingerprint density at radius 3 is 2.47 bits per heavy atom. The van der Waals surface area contributed by atoms with Crippen molar-refractivity contribution in [1.82, 2.24) is 10.6 Å². The minimum Gasteiger partial charge on any atom is -0.466 e. The van der Waals surface area contributed by atoms with E-state index in [1.807, 2.05) is 13.8 Å². The Bertz CT molecular complexity index is 258. The molecule has 0 aromatic carbocycles. The van der Waals surface area contributed by atoms with Crippen molar-refractivity contribution in [2.45, 2.75) is 40.5 Å². The second-order valence-corrected chi connectivity index (χ2v) is 4.45. The molecule has 0 aliphatic heterocycles. The third kappa shape index (κ3) is 13.7. The van der Waals surface area contributed by atoms with Crippen molar-refractivity contribution in [3.8, 4) is 0 Å². The molecule has 0 aliphatic carbocycles. The minimum atomic E-state index is -0.136. The Morgan fingerprint density at radius 1 is 1.26 bits per heavy atom. The zero-order valence-corrected chi connectivity index (χ0v) is 14.8. The lowest BCUT2D eigenvalue weighted by molar-refractivity contribution is -0.143. The predicted molar refractivity (Wildman–Crippen MR) is 90.1 cm³/mol. The molecule has 0 amide bonds. The number of aliphatic imine (C=N–C) groups is 1. The molecule has 0 aromatic heterocycles. The van der Waals surface area contributed by atoms with Crippen LogP contribution in [0.3, 0.4) is 0 Å². The molecule has 0 bridgehead atoms. The largest absolute Gasteiger partial charge is 0.466 e. The van der Waals surface area contributed by atoms with Crippen LogP contribution in [0.5, 0.6) is 0 Å². The van der Waals surface area contributed by atoms with Crippen LogP contribution >= 0.6 is 24.0 Å². The molecule has 0 aromatic rings. The summed E-state index contributed by atoms with van der Waals surface area (Å²) in [6.45, 7) is 10.9. The summed E-state index contributed by atoms with van der Waals surface area (Å²) in [5, 5.41) is 6.38. The monoisotopic (exact) mass is 385 g/mol. The Balaban J connectivity index is 0. The van der Waals surface area contributed by atoms with E-state index in [1.54, 1.807) is 0 Å². The Labute approximate surface area is 134 Å². The molecule has 2 N–H and O–H groups in total. The number of nitrogens with one attached hydrogen (secondary N) is 2. The third-order valence-electron chi connectivity index (χ3n) is 2.11. The van der Waals surface area contributed by atoms with E-state index in [4.69, 9.17) is 4.74 Å². The first-order chi connectivity index (χ1) is 8.60. The Morgan fingerprint density at radius 2 is 1.95 bits per heavy atom. The molecule has 0 saturated heterocycles. The number of esters is 1. The maximum absolute atomic E-state index is 11.1. The van der Waals surface area contributed by atoms with Crippen molar-refractivity contribution in [3.63, 3.8) is 0 Å². The molecule has 0 heterocycles. The second kappa shape index (κ2) is 13.9. The van der Waals surface area contributed by atoms with Crippen molar-refractivity contribution >= 4 is 35.9 Å². The summed E-state index contributed by atoms with van der Waals surface area (Å²) in [4.78, 5) is 15.6. The second-order valence-electron chi connectivity index (χ2n) is 4.45. The van der Waals surface area contributed by atoms with Crippen LogP contribution in [0.1, 0.15) is 40.5 Å². The lowest BCUT2D eigenvalue weighted by atomic mass is 10.2. The fourth-order valence-corrected chi connectivity index (χ4v) is 1.29. The molecule has 0 atom stereocenters. The van der Waals surface area contributed by atoms with Gasteiger partial charge in [0, 0.05) is 26.1 Å². The van der Waals surface area contributed by atoms with Gasteiger partial charge in [-0.25, -0.2) is 0 Å². The van der Waals surface area contributed by atoms with Gasteiger partial charge in [-0.05, 0) is 26.2 Å². The summed E-state index contributed by atoms with van der Waals surface area (Å²) < 4.78 is 4.86. The molecule has 0 unspecified atom stereocenters. The number of hydrogen-bond acceptors (Lipinski definition) is 3. The topological polar surface area (TPSA) is 62.7 Å². The van der Waals surface area contributed by atoms with E-state index in [0.717, 1.165) is 32.0 Å². The highest BCUT2D eigenvalue weighted by Crippen LogP contribution is 1.93. The van der Waals surface area contributed by atoms with Crippen LogP contribution in [0.15, 0.2) is 4.99 Å². The van der Waals surface area contributed by atoms with Crippen molar-refractivity contribution < 1.29 is 9.53 Å². The zero-order chi connectivity index (χ0) is 13.8. The van der Waals surface area contributed by atoms with Crippen LogP contribution in [-0.2, 0) is 9.53 Å². The van der Waals surface area contributed by atoms with E-state index in [-0.39, 0.29) is 29.9 Å². The molecule has 0 fully saturated rings. The first-order valence-electron chi connectivity index (χ1n) is 6.77. The summed E-state index contributed by atoms with van der Waals surface area (Å²) >= 11 is 0. The fourth-order valence-electron chi connectivity index (χ4n) is 1.29. The van der Waals surface area contributed by atoms with E-state index in [2.05, 4.69) is 29.5 Å². The van der Waals surface area contributed by atoms with Crippen LogP contribution in [0, 0.1) is 5.92 Å². The van der Waals surface area contributed by atoms with Crippen molar-refractivity contribution in [1.29, 1.82) is 0 Å². The van der Waals surface area contributed by atoms with Gasteiger partial charge in [-0.2, -0.15) is 0 Å². The highest BCUT2D eigenvalue weighted by molar-refractivity contribution is 14.0. The van der Waals surface area contributed by atoms with Gasteiger partial charge in [0.1, 0.15) is 0 Å². The predicted octanol–water partition coefficient (Wildman–Crippen LogP) is 2.16. The van der Waals surface area contributed by atoms with Gasteiger partial charge in [0.05, 0.1) is 6.61 Å². The standard InChI is InChI=1S/C13H27N3O2.HI/c1-5-14-13(16-10-11(3)4)15-9-7-8-12(17)18-6-2;/h11H,5-10H2,1-4H3,(H2,14,15,16);1H. The summed E-state index contributed by atoms with van der Waals surface area (Å²) in [6, 6.07) is 0. The molecule has 114 valence electrons. The average molecular weight is 385 g/mol.